The molecule has 1 aromatic carbocycles. The standard InChI is InChI=1S/C16H13NO6S/c18-14(17-15(19)13-6-3-7-24-13)9-22-16(20)12-8-21-10-4-1-2-5-11(10)23-12/h1-7,12H,8-9H2,(H,17,18,19)/t12-/m1/s1. The third-order valence-electron chi connectivity index (χ3n) is 3.11. The fraction of sp³-hybridized carbons (Fsp3) is 0.188. The number of nitrogens with one attached hydrogen (secondary N) is 1. The Balaban J connectivity index is 1.47. The van der Waals surface area contributed by atoms with E-state index in [9.17, 15) is 14.4 Å². The number of benzene rings is 1. The molecule has 124 valence electrons. The van der Waals surface area contributed by atoms with Gasteiger partial charge in [-0.25, -0.2) is 4.79 Å². The Morgan fingerprint density at radius 3 is 2.71 bits per heavy atom. The summed E-state index contributed by atoms with van der Waals surface area (Å²) < 4.78 is 15.7. The number of rotatable bonds is 4. The van der Waals surface area contributed by atoms with E-state index in [4.69, 9.17) is 14.2 Å². The van der Waals surface area contributed by atoms with Gasteiger partial charge in [-0.15, -0.1) is 11.3 Å². The van der Waals surface area contributed by atoms with Gasteiger partial charge < -0.3 is 14.2 Å². The highest BCUT2D eigenvalue weighted by Crippen LogP contribution is 2.31. The average molecular weight is 347 g/mol. The summed E-state index contributed by atoms with van der Waals surface area (Å²) in [7, 11) is 0. The highest BCUT2D eigenvalue weighted by molar-refractivity contribution is 7.12. The second-order valence-electron chi connectivity index (χ2n) is 4.83. The van der Waals surface area contributed by atoms with Gasteiger partial charge in [-0.3, -0.25) is 14.9 Å². The normalized spacial score (nSPS) is 15.4. The van der Waals surface area contributed by atoms with Gasteiger partial charge in [0.05, 0.1) is 4.88 Å². The highest BCUT2D eigenvalue weighted by atomic mass is 32.1. The molecule has 1 N–H and O–H groups in total. The van der Waals surface area contributed by atoms with E-state index in [0.717, 1.165) is 0 Å². The molecule has 0 saturated carbocycles. The number of esters is 1. The number of amides is 2. The zero-order valence-electron chi connectivity index (χ0n) is 12.4. The second-order valence-corrected chi connectivity index (χ2v) is 5.77. The molecule has 0 bridgehead atoms. The molecule has 1 aromatic heterocycles. The van der Waals surface area contributed by atoms with Crippen LogP contribution in [0.25, 0.3) is 0 Å². The molecule has 1 aliphatic heterocycles. The lowest BCUT2D eigenvalue weighted by atomic mass is 10.2. The minimum atomic E-state index is -0.958. The minimum Gasteiger partial charge on any atom is -0.485 e. The SMILES string of the molecule is O=C(COC(=O)[C@H]1COc2ccccc2O1)NC(=O)c1cccs1. The summed E-state index contributed by atoms with van der Waals surface area (Å²) in [6.45, 7) is -0.580. The first-order valence-corrected chi connectivity index (χ1v) is 7.94. The van der Waals surface area contributed by atoms with Gasteiger partial charge >= 0.3 is 5.97 Å². The molecule has 1 aliphatic rings. The maximum atomic E-state index is 11.9. The molecular formula is C16H13NO6S. The van der Waals surface area contributed by atoms with E-state index in [2.05, 4.69) is 5.32 Å². The smallest absolute Gasteiger partial charge is 0.351 e. The van der Waals surface area contributed by atoms with Crippen molar-refractivity contribution >= 4 is 29.1 Å². The van der Waals surface area contributed by atoms with Crippen LogP contribution in [0.4, 0.5) is 0 Å². The maximum absolute atomic E-state index is 11.9. The van der Waals surface area contributed by atoms with Crippen molar-refractivity contribution in [3.8, 4) is 11.5 Å². The topological polar surface area (TPSA) is 90.9 Å². The molecular weight excluding hydrogens is 334 g/mol. The van der Waals surface area contributed by atoms with Gasteiger partial charge in [0, 0.05) is 0 Å². The zero-order chi connectivity index (χ0) is 16.9. The number of carbonyl (C=O) groups is 3. The highest BCUT2D eigenvalue weighted by Gasteiger charge is 2.29. The van der Waals surface area contributed by atoms with E-state index in [1.165, 1.54) is 11.3 Å². The van der Waals surface area contributed by atoms with Gasteiger partial charge in [-0.2, -0.15) is 0 Å². The second kappa shape index (κ2) is 7.14. The van der Waals surface area contributed by atoms with Crippen LogP contribution in [0, 0.1) is 0 Å². The molecule has 3 rings (SSSR count). The van der Waals surface area contributed by atoms with Crippen LogP contribution in [0.3, 0.4) is 0 Å². The Morgan fingerprint density at radius 2 is 1.96 bits per heavy atom. The van der Waals surface area contributed by atoms with Crippen LogP contribution < -0.4 is 14.8 Å². The van der Waals surface area contributed by atoms with Crippen molar-refractivity contribution in [2.75, 3.05) is 13.2 Å². The predicted molar refractivity (Wildman–Crippen MR) is 84.1 cm³/mol. The Labute approximate surface area is 141 Å². The number of para-hydroxylation sites is 2. The summed E-state index contributed by atoms with van der Waals surface area (Å²) in [6.07, 6.45) is -0.958. The summed E-state index contributed by atoms with van der Waals surface area (Å²) in [5.74, 6) is -0.997. The van der Waals surface area contributed by atoms with Gasteiger partial charge in [-0.1, -0.05) is 18.2 Å². The fourth-order valence-corrected chi connectivity index (χ4v) is 2.62. The van der Waals surface area contributed by atoms with Crippen molar-refractivity contribution in [2.45, 2.75) is 6.10 Å². The first-order chi connectivity index (χ1) is 11.6. The molecule has 7 nitrogen and oxygen atoms in total. The molecule has 0 aliphatic carbocycles. The Bertz CT molecular complexity index is 758. The van der Waals surface area contributed by atoms with Crippen LogP contribution in [-0.2, 0) is 14.3 Å². The van der Waals surface area contributed by atoms with E-state index in [0.29, 0.717) is 16.4 Å². The van der Waals surface area contributed by atoms with Crippen molar-refractivity contribution in [2.24, 2.45) is 0 Å². The van der Waals surface area contributed by atoms with Crippen LogP contribution in [0.5, 0.6) is 11.5 Å². The molecule has 8 heteroatoms. The third kappa shape index (κ3) is 3.72. The molecule has 0 saturated heterocycles. The van der Waals surface area contributed by atoms with Gasteiger partial charge in [0.2, 0.25) is 6.10 Å². The number of hydrogen-bond donors (Lipinski definition) is 1. The minimum absolute atomic E-state index is 0.00834. The van der Waals surface area contributed by atoms with E-state index >= 15 is 0 Å². The van der Waals surface area contributed by atoms with Gasteiger partial charge in [-0.05, 0) is 23.6 Å². The summed E-state index contributed by atoms with van der Waals surface area (Å²) in [5.41, 5.74) is 0. The lowest BCUT2D eigenvalue weighted by molar-refractivity contribution is -0.157. The number of fused-ring (bicyclic) bond motifs is 1. The van der Waals surface area contributed by atoms with E-state index < -0.39 is 30.5 Å². The summed E-state index contributed by atoms with van der Waals surface area (Å²) in [6, 6.07) is 10.2. The van der Waals surface area contributed by atoms with Gasteiger partial charge in [0.1, 0.15) is 6.61 Å². The Morgan fingerprint density at radius 1 is 1.17 bits per heavy atom. The first-order valence-electron chi connectivity index (χ1n) is 7.06. The van der Waals surface area contributed by atoms with Crippen molar-refractivity contribution < 1.29 is 28.6 Å². The molecule has 2 heterocycles. The van der Waals surface area contributed by atoms with Crippen LogP contribution >= 0.6 is 11.3 Å². The van der Waals surface area contributed by atoms with Crippen LogP contribution in [0.1, 0.15) is 9.67 Å². The molecule has 0 spiro atoms. The summed E-state index contributed by atoms with van der Waals surface area (Å²) in [4.78, 5) is 35.7. The third-order valence-corrected chi connectivity index (χ3v) is 3.98. The first kappa shape index (κ1) is 16.0. The largest absolute Gasteiger partial charge is 0.485 e. The zero-order valence-corrected chi connectivity index (χ0v) is 13.2. The van der Waals surface area contributed by atoms with Crippen molar-refractivity contribution in [1.82, 2.24) is 5.32 Å². The van der Waals surface area contributed by atoms with Crippen LogP contribution in [-0.4, -0.2) is 37.1 Å². The number of carbonyl (C=O) groups excluding carboxylic acids is 3. The molecule has 0 radical (unpaired) electrons. The van der Waals surface area contributed by atoms with Crippen molar-refractivity contribution in [3.05, 3.63) is 46.7 Å². The number of imide groups is 1. The van der Waals surface area contributed by atoms with E-state index in [1.807, 2.05) is 0 Å². The van der Waals surface area contributed by atoms with Crippen molar-refractivity contribution in [3.63, 3.8) is 0 Å². The lowest BCUT2D eigenvalue weighted by Crippen LogP contribution is -2.40. The monoisotopic (exact) mass is 347 g/mol. The number of ether oxygens (including phenoxy) is 3. The van der Waals surface area contributed by atoms with Gasteiger partial charge in [0.15, 0.2) is 18.1 Å². The lowest BCUT2D eigenvalue weighted by Gasteiger charge is -2.24. The molecule has 0 unspecified atom stereocenters. The maximum Gasteiger partial charge on any atom is 0.351 e. The van der Waals surface area contributed by atoms with Crippen molar-refractivity contribution in [1.29, 1.82) is 0 Å². The quantitative estimate of drug-likeness (QED) is 0.841. The average Bonchev–Trinajstić information content (AvgIpc) is 3.14. The molecule has 2 amide bonds. The van der Waals surface area contributed by atoms with Crippen LogP contribution in [0.2, 0.25) is 0 Å². The predicted octanol–water partition coefficient (Wildman–Crippen LogP) is 1.39. The van der Waals surface area contributed by atoms with E-state index in [1.54, 1.807) is 41.8 Å². The molecule has 24 heavy (non-hydrogen) atoms. The number of thiophene rings is 1. The van der Waals surface area contributed by atoms with Crippen LogP contribution in [0.15, 0.2) is 41.8 Å². The van der Waals surface area contributed by atoms with E-state index in [-0.39, 0.29) is 6.61 Å². The Hall–Kier alpha value is -2.87. The Kier molecular flexibility index (Phi) is 4.76. The number of hydrogen-bond acceptors (Lipinski definition) is 7. The molecule has 0 fully saturated rings. The summed E-state index contributed by atoms with van der Waals surface area (Å²) in [5, 5.41) is 3.86. The fourth-order valence-electron chi connectivity index (χ4n) is 2.00. The molecule has 2 aromatic rings. The van der Waals surface area contributed by atoms with Gasteiger partial charge in [0.25, 0.3) is 11.8 Å². The summed E-state index contributed by atoms with van der Waals surface area (Å²) >= 11 is 1.21. The molecule has 1 atom stereocenters.